The fourth-order valence-electron chi connectivity index (χ4n) is 2.60. The third-order valence-electron chi connectivity index (χ3n) is 3.90. The minimum atomic E-state index is 0.441. The molecule has 0 aliphatic rings. The van der Waals surface area contributed by atoms with Crippen LogP contribution in [0.3, 0.4) is 0 Å². The molecular weight excluding hydrogens is 266 g/mol. The molecule has 0 radical (unpaired) electrons. The first-order valence-electron chi connectivity index (χ1n) is 7.07. The molecule has 0 aliphatic heterocycles. The Morgan fingerprint density at radius 1 is 0.950 bits per heavy atom. The molecule has 0 saturated heterocycles. The summed E-state index contributed by atoms with van der Waals surface area (Å²) in [5.74, 6) is 0. The molecule has 0 heterocycles. The lowest BCUT2D eigenvalue weighted by molar-refractivity contribution is 0.554. The van der Waals surface area contributed by atoms with Crippen LogP contribution < -0.4 is 5.32 Å². The number of hydrogen-bond acceptors (Lipinski definition) is 1. The summed E-state index contributed by atoms with van der Waals surface area (Å²) < 4.78 is 0. The second-order valence-electron chi connectivity index (χ2n) is 5.39. The van der Waals surface area contributed by atoms with Gasteiger partial charge in [0.05, 0.1) is 0 Å². The van der Waals surface area contributed by atoms with Crippen LogP contribution in [0.25, 0.3) is 0 Å². The Bertz CT molecular complexity index is 540. The maximum Gasteiger partial charge on any atom is 0.0406 e. The molecular formula is C18H22ClN. The molecule has 1 unspecified atom stereocenters. The molecule has 2 heteroatoms. The highest BCUT2D eigenvalue weighted by Crippen LogP contribution is 2.18. The van der Waals surface area contributed by atoms with Crippen LogP contribution in [-0.4, -0.2) is 13.1 Å². The molecule has 1 N–H and O–H groups in total. The Balaban J connectivity index is 2.11. The molecule has 0 spiro atoms. The Kier molecular flexibility index (Phi) is 5.22. The van der Waals surface area contributed by atoms with E-state index < -0.39 is 0 Å². The smallest absolute Gasteiger partial charge is 0.0406 e. The highest BCUT2D eigenvalue weighted by molar-refractivity contribution is 6.30. The molecule has 106 valence electrons. The summed E-state index contributed by atoms with van der Waals surface area (Å²) in [6.07, 6.45) is 2.07. The van der Waals surface area contributed by atoms with Crippen LogP contribution in [-0.2, 0) is 12.8 Å². The van der Waals surface area contributed by atoms with E-state index in [0.29, 0.717) is 6.04 Å². The number of aryl methyl sites for hydroxylation is 2. The number of likely N-dealkylation sites (N-methyl/N-ethyl adjacent to an activating group) is 1. The first-order chi connectivity index (χ1) is 9.60. The van der Waals surface area contributed by atoms with Crippen LogP contribution in [0, 0.1) is 13.8 Å². The van der Waals surface area contributed by atoms with Gasteiger partial charge in [-0.15, -0.1) is 0 Å². The average Bonchev–Trinajstić information content (AvgIpc) is 2.44. The Morgan fingerprint density at radius 2 is 1.55 bits per heavy atom. The van der Waals surface area contributed by atoms with Crippen molar-refractivity contribution in [2.75, 3.05) is 7.05 Å². The first kappa shape index (κ1) is 15.1. The number of benzene rings is 2. The molecule has 0 amide bonds. The molecule has 2 rings (SSSR count). The van der Waals surface area contributed by atoms with Gasteiger partial charge in [0.2, 0.25) is 0 Å². The molecule has 1 nitrogen and oxygen atoms in total. The summed E-state index contributed by atoms with van der Waals surface area (Å²) in [5, 5.41) is 4.23. The van der Waals surface area contributed by atoms with Gasteiger partial charge in [-0.25, -0.2) is 0 Å². The van der Waals surface area contributed by atoms with Crippen LogP contribution in [0.2, 0.25) is 5.02 Å². The summed E-state index contributed by atoms with van der Waals surface area (Å²) in [5.41, 5.74) is 5.53. The zero-order chi connectivity index (χ0) is 14.5. The lowest BCUT2D eigenvalue weighted by Gasteiger charge is -2.19. The topological polar surface area (TPSA) is 12.0 Å². The van der Waals surface area contributed by atoms with E-state index in [-0.39, 0.29) is 0 Å². The van der Waals surface area contributed by atoms with Gasteiger partial charge < -0.3 is 5.32 Å². The van der Waals surface area contributed by atoms with Crippen LogP contribution in [0.1, 0.15) is 22.3 Å². The summed E-state index contributed by atoms with van der Waals surface area (Å²) in [6, 6.07) is 15.1. The molecule has 0 saturated carbocycles. The van der Waals surface area contributed by atoms with Crippen molar-refractivity contribution in [2.24, 2.45) is 0 Å². The molecule has 1 atom stereocenters. The van der Waals surface area contributed by atoms with E-state index in [1.165, 1.54) is 22.3 Å². The van der Waals surface area contributed by atoms with E-state index in [1.54, 1.807) is 0 Å². The van der Waals surface area contributed by atoms with Crippen molar-refractivity contribution >= 4 is 11.6 Å². The van der Waals surface area contributed by atoms with E-state index in [2.05, 4.69) is 49.5 Å². The van der Waals surface area contributed by atoms with Crippen molar-refractivity contribution in [2.45, 2.75) is 32.7 Å². The van der Waals surface area contributed by atoms with Crippen LogP contribution >= 0.6 is 11.6 Å². The molecule has 2 aromatic carbocycles. The normalized spacial score (nSPS) is 12.4. The molecule has 2 aromatic rings. The van der Waals surface area contributed by atoms with E-state index in [1.807, 2.05) is 19.2 Å². The maximum absolute atomic E-state index is 5.94. The van der Waals surface area contributed by atoms with E-state index in [9.17, 15) is 0 Å². The van der Waals surface area contributed by atoms with E-state index in [4.69, 9.17) is 11.6 Å². The lowest BCUT2D eigenvalue weighted by Crippen LogP contribution is -2.30. The number of rotatable bonds is 5. The summed E-state index contributed by atoms with van der Waals surface area (Å²) in [7, 11) is 2.04. The van der Waals surface area contributed by atoms with Gasteiger partial charge in [-0.2, -0.15) is 0 Å². The third-order valence-corrected chi connectivity index (χ3v) is 4.15. The van der Waals surface area contributed by atoms with Crippen molar-refractivity contribution in [3.05, 3.63) is 69.7 Å². The standard InChI is InChI=1S/C18H22ClN/c1-13-5-4-6-14(2)18(13)12-17(20-3)11-15-7-9-16(19)10-8-15/h4-10,17,20H,11-12H2,1-3H3. The Hall–Kier alpha value is -1.31. The van der Waals surface area contributed by atoms with Gasteiger partial charge in [-0.1, -0.05) is 41.9 Å². The SMILES string of the molecule is CNC(Cc1ccc(Cl)cc1)Cc1c(C)cccc1C. The van der Waals surface area contributed by atoms with Gasteiger partial charge >= 0.3 is 0 Å². The quantitative estimate of drug-likeness (QED) is 0.863. The summed E-state index contributed by atoms with van der Waals surface area (Å²) in [4.78, 5) is 0. The monoisotopic (exact) mass is 287 g/mol. The van der Waals surface area contributed by atoms with Crippen molar-refractivity contribution in [1.29, 1.82) is 0 Å². The molecule has 0 aliphatic carbocycles. The Morgan fingerprint density at radius 3 is 2.10 bits per heavy atom. The number of halogens is 1. The van der Waals surface area contributed by atoms with Crippen molar-refractivity contribution < 1.29 is 0 Å². The highest BCUT2D eigenvalue weighted by atomic mass is 35.5. The maximum atomic E-state index is 5.94. The van der Waals surface area contributed by atoms with Crippen molar-refractivity contribution in [3.63, 3.8) is 0 Å². The molecule has 20 heavy (non-hydrogen) atoms. The fourth-order valence-corrected chi connectivity index (χ4v) is 2.72. The molecule has 0 aromatic heterocycles. The summed E-state index contributed by atoms with van der Waals surface area (Å²) >= 11 is 5.94. The van der Waals surface area contributed by atoms with Gasteiger partial charge in [0.25, 0.3) is 0 Å². The summed E-state index contributed by atoms with van der Waals surface area (Å²) in [6.45, 7) is 4.38. The van der Waals surface area contributed by atoms with E-state index in [0.717, 1.165) is 17.9 Å². The predicted octanol–water partition coefficient (Wildman–Crippen LogP) is 4.33. The Labute approximate surface area is 127 Å². The van der Waals surface area contributed by atoms with Gasteiger partial charge in [0.1, 0.15) is 0 Å². The van der Waals surface area contributed by atoms with Gasteiger partial charge in [-0.3, -0.25) is 0 Å². The van der Waals surface area contributed by atoms with Gasteiger partial charge in [0.15, 0.2) is 0 Å². The number of hydrogen-bond donors (Lipinski definition) is 1. The second kappa shape index (κ2) is 6.92. The minimum Gasteiger partial charge on any atom is -0.316 e. The van der Waals surface area contributed by atoms with Crippen LogP contribution in [0.5, 0.6) is 0 Å². The predicted molar refractivity (Wildman–Crippen MR) is 87.6 cm³/mol. The van der Waals surface area contributed by atoms with Crippen molar-refractivity contribution in [3.8, 4) is 0 Å². The highest BCUT2D eigenvalue weighted by Gasteiger charge is 2.11. The largest absolute Gasteiger partial charge is 0.316 e. The molecule has 0 fully saturated rings. The van der Waals surface area contributed by atoms with E-state index >= 15 is 0 Å². The van der Waals surface area contributed by atoms with Crippen molar-refractivity contribution in [1.82, 2.24) is 5.32 Å². The van der Waals surface area contributed by atoms with Gasteiger partial charge in [-0.05, 0) is 68.1 Å². The third kappa shape index (κ3) is 3.84. The first-order valence-corrected chi connectivity index (χ1v) is 7.44. The van der Waals surface area contributed by atoms with Crippen LogP contribution in [0.15, 0.2) is 42.5 Å². The van der Waals surface area contributed by atoms with Crippen LogP contribution in [0.4, 0.5) is 0 Å². The number of nitrogens with one attached hydrogen (secondary N) is 1. The lowest BCUT2D eigenvalue weighted by atomic mass is 9.93. The molecule has 0 bridgehead atoms. The minimum absolute atomic E-state index is 0.441. The average molecular weight is 288 g/mol. The second-order valence-corrected chi connectivity index (χ2v) is 5.83. The zero-order valence-electron chi connectivity index (χ0n) is 12.4. The fraction of sp³-hybridized carbons (Fsp3) is 0.333. The zero-order valence-corrected chi connectivity index (χ0v) is 13.2. The van der Waals surface area contributed by atoms with Gasteiger partial charge in [0, 0.05) is 11.1 Å².